The molecule has 1 aromatic heterocycles. The summed E-state index contributed by atoms with van der Waals surface area (Å²) in [6, 6.07) is 6.01. The molecule has 1 aliphatic rings. The first-order valence-electron chi connectivity index (χ1n) is 9.78. The number of rotatable bonds is 9. The summed E-state index contributed by atoms with van der Waals surface area (Å²) in [6.45, 7) is 0.962. The Kier molecular flexibility index (Phi) is 6.73. The lowest BCUT2D eigenvalue weighted by Gasteiger charge is -2.22. The SMILES string of the molecule is NC(=O)CCCCCCCNc1c2c(nc3cc(Cl)ccc13)CCCC2. The van der Waals surface area contributed by atoms with Gasteiger partial charge in [-0.1, -0.05) is 30.9 Å². The van der Waals surface area contributed by atoms with Crippen molar-refractivity contribution in [2.24, 2.45) is 5.73 Å². The molecule has 0 radical (unpaired) electrons. The molecule has 140 valence electrons. The molecule has 3 rings (SSSR count). The monoisotopic (exact) mass is 373 g/mol. The Morgan fingerprint density at radius 2 is 1.88 bits per heavy atom. The highest BCUT2D eigenvalue weighted by Gasteiger charge is 2.18. The number of primary amides is 1. The molecule has 0 saturated heterocycles. The van der Waals surface area contributed by atoms with Crippen LogP contribution in [-0.2, 0) is 17.6 Å². The van der Waals surface area contributed by atoms with Crippen LogP contribution in [0, 0.1) is 0 Å². The van der Waals surface area contributed by atoms with Crippen molar-refractivity contribution in [3.8, 4) is 0 Å². The van der Waals surface area contributed by atoms with Gasteiger partial charge in [-0.25, -0.2) is 0 Å². The number of aryl methyl sites for hydroxylation is 1. The van der Waals surface area contributed by atoms with Crippen LogP contribution in [0.25, 0.3) is 10.9 Å². The molecule has 5 heteroatoms. The molecule has 0 aliphatic heterocycles. The zero-order chi connectivity index (χ0) is 18.4. The topological polar surface area (TPSA) is 68.0 Å². The van der Waals surface area contributed by atoms with Crippen LogP contribution < -0.4 is 11.1 Å². The number of carbonyl (C=O) groups excluding carboxylic acids is 1. The molecule has 1 amide bonds. The van der Waals surface area contributed by atoms with E-state index in [2.05, 4.69) is 11.4 Å². The Morgan fingerprint density at radius 1 is 1.12 bits per heavy atom. The zero-order valence-corrected chi connectivity index (χ0v) is 16.1. The number of hydrogen-bond donors (Lipinski definition) is 2. The molecular formula is C21H28ClN3O. The average molecular weight is 374 g/mol. The van der Waals surface area contributed by atoms with E-state index in [4.69, 9.17) is 22.3 Å². The van der Waals surface area contributed by atoms with Crippen molar-refractivity contribution >= 4 is 34.1 Å². The number of pyridine rings is 1. The summed E-state index contributed by atoms with van der Waals surface area (Å²) in [5.41, 5.74) is 10.1. The maximum atomic E-state index is 10.7. The summed E-state index contributed by atoms with van der Waals surface area (Å²) < 4.78 is 0. The van der Waals surface area contributed by atoms with Crippen LogP contribution in [0.4, 0.5) is 5.69 Å². The maximum absolute atomic E-state index is 10.7. The Hall–Kier alpha value is -1.81. The second-order valence-electron chi connectivity index (χ2n) is 7.19. The van der Waals surface area contributed by atoms with Gasteiger partial charge in [-0.05, 0) is 62.3 Å². The fraction of sp³-hybridized carbons (Fsp3) is 0.524. The molecular weight excluding hydrogens is 346 g/mol. The number of nitrogens with two attached hydrogens (primary N) is 1. The number of hydrogen-bond acceptors (Lipinski definition) is 3. The summed E-state index contributed by atoms with van der Waals surface area (Å²) in [5.74, 6) is -0.193. The molecule has 1 aliphatic carbocycles. The van der Waals surface area contributed by atoms with E-state index in [-0.39, 0.29) is 5.91 Å². The average Bonchev–Trinajstić information content (AvgIpc) is 2.62. The number of anilines is 1. The fourth-order valence-electron chi connectivity index (χ4n) is 3.77. The second kappa shape index (κ2) is 9.22. The van der Waals surface area contributed by atoms with Crippen molar-refractivity contribution in [3.05, 3.63) is 34.5 Å². The number of amides is 1. The standard InChI is InChI=1S/C21H28ClN3O/c22-15-11-12-17-19(14-15)25-18-9-6-5-8-16(18)21(17)24-13-7-3-1-2-4-10-20(23)26/h11-12,14H,1-10,13H2,(H2,23,26)(H,24,25). The number of nitrogens with one attached hydrogen (secondary N) is 1. The molecule has 26 heavy (non-hydrogen) atoms. The Balaban J connectivity index is 1.61. The van der Waals surface area contributed by atoms with Gasteiger partial charge in [0.25, 0.3) is 0 Å². The van der Waals surface area contributed by atoms with Crippen LogP contribution in [0.3, 0.4) is 0 Å². The van der Waals surface area contributed by atoms with E-state index in [1.807, 2.05) is 12.1 Å². The van der Waals surface area contributed by atoms with Gasteiger partial charge in [0, 0.05) is 34.8 Å². The second-order valence-corrected chi connectivity index (χ2v) is 7.63. The first kappa shape index (κ1) is 19.0. The third-order valence-electron chi connectivity index (χ3n) is 5.13. The van der Waals surface area contributed by atoms with Crippen molar-refractivity contribution in [3.63, 3.8) is 0 Å². The van der Waals surface area contributed by atoms with Gasteiger partial charge in [-0.15, -0.1) is 0 Å². The lowest BCUT2D eigenvalue weighted by atomic mass is 9.92. The Labute approximate surface area is 160 Å². The van der Waals surface area contributed by atoms with Crippen LogP contribution >= 0.6 is 11.6 Å². The van der Waals surface area contributed by atoms with Gasteiger partial charge in [0.05, 0.1) is 5.52 Å². The van der Waals surface area contributed by atoms with Crippen molar-refractivity contribution < 1.29 is 4.79 Å². The predicted octanol–water partition coefficient (Wildman–Crippen LogP) is 5.00. The summed E-state index contributed by atoms with van der Waals surface area (Å²) in [4.78, 5) is 15.6. The molecule has 1 aromatic carbocycles. The fourth-order valence-corrected chi connectivity index (χ4v) is 3.93. The van der Waals surface area contributed by atoms with E-state index >= 15 is 0 Å². The van der Waals surface area contributed by atoms with Gasteiger partial charge >= 0.3 is 0 Å². The van der Waals surface area contributed by atoms with Crippen molar-refractivity contribution in [2.45, 2.75) is 64.2 Å². The minimum atomic E-state index is -0.193. The highest BCUT2D eigenvalue weighted by Crippen LogP contribution is 2.34. The number of aromatic nitrogens is 1. The van der Waals surface area contributed by atoms with Gasteiger partial charge in [0.15, 0.2) is 0 Å². The molecule has 0 fully saturated rings. The van der Waals surface area contributed by atoms with Crippen LogP contribution in [0.5, 0.6) is 0 Å². The van der Waals surface area contributed by atoms with Crippen molar-refractivity contribution in [1.29, 1.82) is 0 Å². The van der Waals surface area contributed by atoms with E-state index in [9.17, 15) is 4.79 Å². The number of fused-ring (bicyclic) bond motifs is 2. The van der Waals surface area contributed by atoms with E-state index in [1.54, 1.807) is 0 Å². The number of benzene rings is 1. The zero-order valence-electron chi connectivity index (χ0n) is 15.3. The van der Waals surface area contributed by atoms with E-state index in [0.717, 1.165) is 55.6 Å². The number of nitrogens with zero attached hydrogens (tertiary/aromatic N) is 1. The largest absolute Gasteiger partial charge is 0.384 e. The van der Waals surface area contributed by atoms with E-state index < -0.39 is 0 Å². The number of carbonyl (C=O) groups is 1. The number of halogens is 1. The minimum Gasteiger partial charge on any atom is -0.384 e. The quantitative estimate of drug-likeness (QED) is 0.607. The molecule has 4 nitrogen and oxygen atoms in total. The highest BCUT2D eigenvalue weighted by atomic mass is 35.5. The molecule has 3 N–H and O–H groups in total. The molecule has 0 unspecified atom stereocenters. The molecule has 1 heterocycles. The third-order valence-corrected chi connectivity index (χ3v) is 5.36. The predicted molar refractivity (Wildman–Crippen MR) is 109 cm³/mol. The van der Waals surface area contributed by atoms with Crippen molar-refractivity contribution in [1.82, 2.24) is 4.98 Å². The maximum Gasteiger partial charge on any atom is 0.217 e. The molecule has 2 aromatic rings. The van der Waals surface area contributed by atoms with Crippen LogP contribution in [-0.4, -0.2) is 17.4 Å². The summed E-state index contributed by atoms with van der Waals surface area (Å²) in [5, 5.41) is 5.60. The first-order chi connectivity index (χ1) is 12.6. The highest BCUT2D eigenvalue weighted by molar-refractivity contribution is 6.31. The van der Waals surface area contributed by atoms with Gasteiger partial charge in [0.1, 0.15) is 0 Å². The smallest absolute Gasteiger partial charge is 0.217 e. The minimum absolute atomic E-state index is 0.193. The van der Waals surface area contributed by atoms with Crippen LogP contribution in [0.15, 0.2) is 18.2 Å². The van der Waals surface area contributed by atoms with Gasteiger partial charge in [0.2, 0.25) is 5.91 Å². The lowest BCUT2D eigenvalue weighted by Crippen LogP contribution is -2.12. The summed E-state index contributed by atoms with van der Waals surface area (Å²) >= 11 is 6.17. The Bertz CT molecular complexity index is 775. The van der Waals surface area contributed by atoms with E-state index in [0.29, 0.717) is 6.42 Å². The molecule has 0 atom stereocenters. The van der Waals surface area contributed by atoms with Crippen LogP contribution in [0.2, 0.25) is 5.02 Å². The van der Waals surface area contributed by atoms with E-state index in [1.165, 1.54) is 41.6 Å². The molecule has 0 saturated carbocycles. The van der Waals surface area contributed by atoms with Gasteiger partial charge in [-0.2, -0.15) is 0 Å². The normalized spacial score (nSPS) is 13.6. The van der Waals surface area contributed by atoms with Gasteiger partial charge in [-0.3, -0.25) is 9.78 Å². The van der Waals surface area contributed by atoms with Crippen LogP contribution in [0.1, 0.15) is 62.6 Å². The summed E-state index contributed by atoms with van der Waals surface area (Å²) in [7, 11) is 0. The van der Waals surface area contributed by atoms with Gasteiger partial charge < -0.3 is 11.1 Å². The summed E-state index contributed by atoms with van der Waals surface area (Å²) in [6.07, 6.45) is 10.6. The third kappa shape index (κ3) is 4.88. The van der Waals surface area contributed by atoms with Crippen molar-refractivity contribution in [2.75, 3.05) is 11.9 Å². The number of unbranched alkanes of at least 4 members (excludes halogenated alkanes) is 4. The Morgan fingerprint density at radius 3 is 2.73 bits per heavy atom. The first-order valence-corrected chi connectivity index (χ1v) is 10.2. The molecule has 0 spiro atoms. The lowest BCUT2D eigenvalue weighted by molar-refractivity contribution is -0.118. The molecule has 0 bridgehead atoms.